The fourth-order valence-electron chi connectivity index (χ4n) is 4.95. The highest BCUT2D eigenvalue weighted by atomic mass is 16.6. The van der Waals surface area contributed by atoms with Crippen LogP contribution in [0.3, 0.4) is 0 Å². The van der Waals surface area contributed by atoms with Crippen LogP contribution in [0.1, 0.15) is 79.2 Å². The van der Waals surface area contributed by atoms with E-state index in [1.165, 1.54) is 0 Å². The van der Waals surface area contributed by atoms with Gasteiger partial charge >= 0.3 is 5.97 Å². The summed E-state index contributed by atoms with van der Waals surface area (Å²) in [6.45, 7) is 10.8. The van der Waals surface area contributed by atoms with Crippen molar-refractivity contribution >= 4 is 17.6 Å². The number of nitrogens with zero attached hydrogens (tertiary/aromatic N) is 1. The number of hydrogen-bond acceptors (Lipinski definition) is 5. The van der Waals surface area contributed by atoms with E-state index in [0.717, 1.165) is 55.6 Å². The Labute approximate surface area is 225 Å². The molecular weight excluding hydrogens is 476 g/mol. The van der Waals surface area contributed by atoms with Gasteiger partial charge in [-0.25, -0.2) is 4.79 Å². The number of piperidine rings is 1. The number of rotatable bonds is 7. The SMILES string of the molecule is CCCN1CCC(c2ccc(O)c(C(=O)Nc3cc(-c4ccccc4)ccc3C(=O)OC(C)(C)C)c2)CC1. The Balaban J connectivity index is 1.62. The normalized spacial score (nSPS) is 14.7. The molecule has 0 bridgehead atoms. The molecule has 0 atom stereocenters. The number of aromatic hydroxyl groups is 1. The zero-order valence-electron chi connectivity index (χ0n) is 22.8. The van der Waals surface area contributed by atoms with Crippen molar-refractivity contribution in [3.8, 4) is 16.9 Å². The van der Waals surface area contributed by atoms with Gasteiger partial charge in [0.2, 0.25) is 0 Å². The average Bonchev–Trinajstić information content (AvgIpc) is 2.89. The Morgan fingerprint density at radius 3 is 2.32 bits per heavy atom. The molecule has 1 saturated heterocycles. The minimum Gasteiger partial charge on any atom is -0.507 e. The maximum absolute atomic E-state index is 13.5. The van der Waals surface area contributed by atoms with Gasteiger partial charge in [0.1, 0.15) is 11.4 Å². The summed E-state index contributed by atoms with van der Waals surface area (Å²) in [5, 5.41) is 13.5. The van der Waals surface area contributed by atoms with Gasteiger partial charge < -0.3 is 20.1 Å². The predicted molar refractivity (Wildman–Crippen MR) is 152 cm³/mol. The van der Waals surface area contributed by atoms with Crippen molar-refractivity contribution in [2.24, 2.45) is 0 Å². The van der Waals surface area contributed by atoms with Gasteiger partial charge in [0.15, 0.2) is 0 Å². The van der Waals surface area contributed by atoms with Crippen LogP contribution in [0.15, 0.2) is 66.7 Å². The molecule has 6 nitrogen and oxygen atoms in total. The summed E-state index contributed by atoms with van der Waals surface area (Å²) >= 11 is 0. The van der Waals surface area contributed by atoms with Crippen molar-refractivity contribution in [1.82, 2.24) is 4.90 Å². The van der Waals surface area contributed by atoms with E-state index < -0.39 is 17.5 Å². The number of nitrogens with one attached hydrogen (secondary N) is 1. The summed E-state index contributed by atoms with van der Waals surface area (Å²) in [5.41, 5.74) is 2.96. The van der Waals surface area contributed by atoms with E-state index in [4.69, 9.17) is 4.74 Å². The number of likely N-dealkylation sites (tertiary alicyclic amines) is 1. The van der Waals surface area contributed by atoms with Crippen LogP contribution in [-0.4, -0.2) is 47.1 Å². The van der Waals surface area contributed by atoms with Crippen LogP contribution in [0.5, 0.6) is 5.75 Å². The molecule has 1 heterocycles. The standard InChI is InChI=1S/C32H38N2O4/c1-5-17-34-18-15-23(16-19-34)24-12-14-29(35)27(20-24)30(36)33-28-21-25(22-9-7-6-8-10-22)11-13-26(28)31(37)38-32(2,3)4/h6-14,20-21,23,35H,5,15-19H2,1-4H3,(H,33,36). The first-order chi connectivity index (χ1) is 18.1. The number of esters is 1. The summed E-state index contributed by atoms with van der Waals surface area (Å²) in [6.07, 6.45) is 3.19. The first kappa shape index (κ1) is 27.4. The summed E-state index contributed by atoms with van der Waals surface area (Å²) in [5.74, 6) is -0.742. The third-order valence-corrected chi connectivity index (χ3v) is 6.86. The Morgan fingerprint density at radius 2 is 1.66 bits per heavy atom. The fraction of sp³-hybridized carbons (Fsp3) is 0.375. The molecule has 1 fully saturated rings. The van der Waals surface area contributed by atoms with Crippen molar-refractivity contribution in [2.75, 3.05) is 25.0 Å². The van der Waals surface area contributed by atoms with Crippen molar-refractivity contribution in [3.63, 3.8) is 0 Å². The average molecular weight is 515 g/mol. The van der Waals surface area contributed by atoms with E-state index in [1.807, 2.05) is 42.5 Å². The second kappa shape index (κ2) is 11.8. The van der Waals surface area contributed by atoms with Gasteiger partial charge in [-0.1, -0.05) is 49.4 Å². The molecule has 1 amide bonds. The molecule has 0 aliphatic carbocycles. The summed E-state index contributed by atoms with van der Waals surface area (Å²) in [4.78, 5) is 29.0. The van der Waals surface area contributed by atoms with E-state index in [-0.39, 0.29) is 16.9 Å². The van der Waals surface area contributed by atoms with Crippen molar-refractivity contribution in [3.05, 3.63) is 83.4 Å². The number of benzene rings is 3. The molecule has 200 valence electrons. The number of amides is 1. The number of phenolic OH excluding ortho intramolecular Hbond substituents is 1. The lowest BCUT2D eigenvalue weighted by Crippen LogP contribution is -2.33. The monoisotopic (exact) mass is 514 g/mol. The van der Waals surface area contributed by atoms with Gasteiger partial charge in [-0.05, 0) is 107 Å². The number of anilines is 1. The fourth-order valence-corrected chi connectivity index (χ4v) is 4.95. The maximum Gasteiger partial charge on any atom is 0.340 e. The van der Waals surface area contributed by atoms with Gasteiger partial charge in [-0.2, -0.15) is 0 Å². The second-order valence-corrected chi connectivity index (χ2v) is 11.0. The second-order valence-electron chi connectivity index (χ2n) is 11.0. The topological polar surface area (TPSA) is 78.9 Å². The lowest BCUT2D eigenvalue weighted by molar-refractivity contribution is 0.00707. The van der Waals surface area contributed by atoms with Crippen LogP contribution in [0.2, 0.25) is 0 Å². The molecule has 3 aromatic rings. The Kier molecular flexibility index (Phi) is 8.52. The number of carbonyl (C=O) groups is 2. The first-order valence-corrected chi connectivity index (χ1v) is 13.4. The molecule has 1 aliphatic rings. The lowest BCUT2D eigenvalue weighted by Gasteiger charge is -2.32. The molecule has 3 aromatic carbocycles. The van der Waals surface area contributed by atoms with Gasteiger partial charge in [-0.15, -0.1) is 0 Å². The van der Waals surface area contributed by atoms with Crippen LogP contribution >= 0.6 is 0 Å². The lowest BCUT2D eigenvalue weighted by atomic mass is 9.88. The highest BCUT2D eigenvalue weighted by molar-refractivity contribution is 6.10. The Bertz CT molecular complexity index is 1270. The van der Waals surface area contributed by atoms with Crippen molar-refractivity contribution in [2.45, 2.75) is 58.5 Å². The molecule has 0 saturated carbocycles. The highest BCUT2D eigenvalue weighted by Gasteiger charge is 2.25. The Hall–Kier alpha value is -3.64. The van der Waals surface area contributed by atoms with Crippen LogP contribution in [-0.2, 0) is 4.74 Å². The smallest absolute Gasteiger partial charge is 0.340 e. The van der Waals surface area contributed by atoms with E-state index in [9.17, 15) is 14.7 Å². The van der Waals surface area contributed by atoms with Crippen LogP contribution in [0, 0.1) is 0 Å². The molecule has 0 aromatic heterocycles. The van der Waals surface area contributed by atoms with Crippen molar-refractivity contribution in [1.29, 1.82) is 0 Å². The third kappa shape index (κ3) is 6.81. The molecule has 38 heavy (non-hydrogen) atoms. The number of hydrogen-bond donors (Lipinski definition) is 2. The van der Waals surface area contributed by atoms with E-state index in [2.05, 4.69) is 17.1 Å². The minimum absolute atomic E-state index is 0.0901. The van der Waals surface area contributed by atoms with Crippen LogP contribution in [0.4, 0.5) is 5.69 Å². The molecule has 4 rings (SSSR count). The van der Waals surface area contributed by atoms with Gasteiger partial charge in [0.25, 0.3) is 5.91 Å². The molecular formula is C32H38N2O4. The Morgan fingerprint density at radius 1 is 0.947 bits per heavy atom. The predicted octanol–water partition coefficient (Wildman–Crippen LogP) is 6.86. The maximum atomic E-state index is 13.5. The van der Waals surface area contributed by atoms with Gasteiger partial charge in [0.05, 0.1) is 16.8 Å². The van der Waals surface area contributed by atoms with Crippen LogP contribution < -0.4 is 5.32 Å². The van der Waals surface area contributed by atoms with E-state index in [1.54, 1.807) is 45.0 Å². The van der Waals surface area contributed by atoms with E-state index in [0.29, 0.717) is 11.6 Å². The molecule has 1 aliphatic heterocycles. The minimum atomic E-state index is -0.685. The zero-order chi connectivity index (χ0) is 27.3. The van der Waals surface area contributed by atoms with Crippen LogP contribution in [0.25, 0.3) is 11.1 Å². The molecule has 6 heteroatoms. The quantitative estimate of drug-likeness (QED) is 0.337. The molecule has 0 unspecified atom stereocenters. The molecule has 0 spiro atoms. The highest BCUT2D eigenvalue weighted by Crippen LogP contribution is 2.32. The van der Waals surface area contributed by atoms with Crippen molar-refractivity contribution < 1.29 is 19.4 Å². The van der Waals surface area contributed by atoms with Gasteiger partial charge in [0, 0.05) is 0 Å². The number of phenols is 1. The molecule has 2 N–H and O–H groups in total. The summed E-state index contributed by atoms with van der Waals surface area (Å²) in [6, 6.07) is 20.3. The largest absolute Gasteiger partial charge is 0.507 e. The first-order valence-electron chi connectivity index (χ1n) is 13.4. The van der Waals surface area contributed by atoms with Gasteiger partial charge in [-0.3, -0.25) is 4.79 Å². The third-order valence-electron chi connectivity index (χ3n) is 6.86. The zero-order valence-corrected chi connectivity index (χ0v) is 22.8. The number of ether oxygens (including phenoxy) is 1. The number of carbonyl (C=O) groups excluding carboxylic acids is 2. The summed E-state index contributed by atoms with van der Waals surface area (Å²) < 4.78 is 5.60. The van der Waals surface area contributed by atoms with E-state index >= 15 is 0 Å². The summed E-state index contributed by atoms with van der Waals surface area (Å²) in [7, 11) is 0. The molecule has 0 radical (unpaired) electrons.